The van der Waals surface area contributed by atoms with Crippen LogP contribution in [-0.2, 0) is 19.1 Å². The summed E-state index contributed by atoms with van der Waals surface area (Å²) in [5, 5.41) is 21.4. The van der Waals surface area contributed by atoms with Crippen molar-refractivity contribution in [3.8, 4) is 0 Å². The molecule has 1 saturated heterocycles. The van der Waals surface area contributed by atoms with Gasteiger partial charge in [0.05, 0.1) is 16.6 Å². The largest absolute Gasteiger partial charge is 0.490 e. The predicted molar refractivity (Wildman–Crippen MR) is 139 cm³/mol. The fraction of sp³-hybridized carbons (Fsp3) is 0.767. The zero-order chi connectivity index (χ0) is 27.6. The molecular formula is C30H46O6. The zero-order valence-electron chi connectivity index (χ0n) is 23.9. The van der Waals surface area contributed by atoms with Gasteiger partial charge in [0.1, 0.15) is 11.9 Å². The fourth-order valence-electron chi connectivity index (χ4n) is 6.67. The van der Waals surface area contributed by atoms with Crippen LogP contribution in [-0.4, -0.2) is 44.9 Å². The first-order valence-electron chi connectivity index (χ1n) is 13.4. The molecule has 1 spiro atoms. The predicted octanol–water partition coefficient (Wildman–Crippen LogP) is 5.10. The Labute approximate surface area is 216 Å². The average Bonchev–Trinajstić information content (AvgIpc) is 3.09. The number of fused-ring (bicyclic) bond motifs is 1. The van der Waals surface area contributed by atoms with E-state index in [0.717, 1.165) is 5.57 Å². The van der Waals surface area contributed by atoms with Crippen molar-refractivity contribution in [2.75, 3.05) is 0 Å². The minimum atomic E-state index is -1.82. The Balaban J connectivity index is 2.37. The van der Waals surface area contributed by atoms with Crippen LogP contribution in [0.25, 0.3) is 0 Å². The minimum Gasteiger partial charge on any atom is -0.490 e. The molecule has 1 heterocycles. The molecule has 0 amide bonds. The molecule has 202 valence electrons. The van der Waals surface area contributed by atoms with Crippen LogP contribution in [0, 0.1) is 28.1 Å². The maximum absolute atomic E-state index is 14.7. The molecule has 0 aromatic heterocycles. The number of hydrogen-bond acceptors (Lipinski definition) is 6. The SMILES string of the molecule is CC(C)=CCC1CC23CC(C(C)(C)O)OC2=C(CCC(C)(C)O)C(=O)C(C(=O)C(C)C)(C3=O)C1(C)C. The number of hydrogen-bond donors (Lipinski definition) is 2. The summed E-state index contributed by atoms with van der Waals surface area (Å²) >= 11 is 0. The highest BCUT2D eigenvalue weighted by Crippen LogP contribution is 2.68. The van der Waals surface area contributed by atoms with Crippen molar-refractivity contribution in [2.24, 2.45) is 28.1 Å². The van der Waals surface area contributed by atoms with Gasteiger partial charge in [-0.2, -0.15) is 0 Å². The molecule has 1 saturated carbocycles. The van der Waals surface area contributed by atoms with E-state index in [2.05, 4.69) is 6.08 Å². The summed E-state index contributed by atoms with van der Waals surface area (Å²) in [5.41, 5.74) is -4.69. The lowest BCUT2D eigenvalue weighted by Gasteiger charge is -2.59. The van der Waals surface area contributed by atoms with Gasteiger partial charge in [0.2, 0.25) is 0 Å². The lowest BCUT2D eigenvalue weighted by Crippen LogP contribution is -2.69. The van der Waals surface area contributed by atoms with Crippen LogP contribution in [0.15, 0.2) is 23.0 Å². The van der Waals surface area contributed by atoms with Crippen molar-refractivity contribution in [3.05, 3.63) is 23.0 Å². The first-order chi connectivity index (χ1) is 16.2. The Hall–Kier alpha value is -1.79. The molecular weight excluding hydrogens is 456 g/mol. The summed E-state index contributed by atoms with van der Waals surface area (Å²) < 4.78 is 6.33. The quantitative estimate of drug-likeness (QED) is 0.354. The lowest BCUT2D eigenvalue weighted by molar-refractivity contribution is -0.176. The number of allylic oxidation sites excluding steroid dienone is 4. The van der Waals surface area contributed by atoms with Gasteiger partial charge in [-0.15, -0.1) is 0 Å². The Morgan fingerprint density at radius 2 is 1.69 bits per heavy atom. The molecule has 0 aromatic rings. The molecule has 0 radical (unpaired) electrons. The van der Waals surface area contributed by atoms with Gasteiger partial charge in [-0.25, -0.2) is 0 Å². The van der Waals surface area contributed by atoms with E-state index >= 15 is 0 Å². The van der Waals surface area contributed by atoms with Crippen molar-refractivity contribution >= 4 is 17.3 Å². The van der Waals surface area contributed by atoms with Crippen molar-refractivity contribution < 1.29 is 29.3 Å². The van der Waals surface area contributed by atoms with Crippen molar-refractivity contribution in [3.63, 3.8) is 0 Å². The van der Waals surface area contributed by atoms with Gasteiger partial charge in [0, 0.05) is 17.9 Å². The van der Waals surface area contributed by atoms with Gasteiger partial charge in [0.25, 0.3) is 0 Å². The molecule has 6 nitrogen and oxygen atoms in total. The van der Waals surface area contributed by atoms with Gasteiger partial charge < -0.3 is 14.9 Å². The van der Waals surface area contributed by atoms with Gasteiger partial charge >= 0.3 is 0 Å². The van der Waals surface area contributed by atoms with Crippen molar-refractivity contribution in [1.82, 2.24) is 0 Å². The topological polar surface area (TPSA) is 101 Å². The van der Waals surface area contributed by atoms with E-state index in [1.54, 1.807) is 41.5 Å². The first kappa shape index (κ1) is 28.8. The molecule has 36 heavy (non-hydrogen) atoms. The maximum Gasteiger partial charge on any atom is 0.183 e. The summed E-state index contributed by atoms with van der Waals surface area (Å²) in [6.07, 6.45) is 3.25. The third-order valence-electron chi connectivity index (χ3n) is 8.95. The second-order valence-electron chi connectivity index (χ2n) is 13.7. The van der Waals surface area contributed by atoms with E-state index in [1.165, 1.54) is 0 Å². The Kier molecular flexibility index (Phi) is 7.12. The number of aliphatic hydroxyl groups is 2. The molecule has 6 heteroatoms. The van der Waals surface area contributed by atoms with E-state index in [-0.39, 0.29) is 36.7 Å². The molecule has 1 aliphatic heterocycles. The van der Waals surface area contributed by atoms with Crippen LogP contribution in [0.5, 0.6) is 0 Å². The lowest BCUT2D eigenvalue weighted by atomic mass is 9.39. The second kappa shape index (κ2) is 8.90. The first-order valence-corrected chi connectivity index (χ1v) is 13.4. The average molecular weight is 503 g/mol. The Morgan fingerprint density at radius 1 is 1.11 bits per heavy atom. The van der Waals surface area contributed by atoms with E-state index in [4.69, 9.17) is 4.74 Å². The molecule has 3 rings (SSSR count). The summed E-state index contributed by atoms with van der Waals surface area (Å²) in [5.74, 6) is -1.46. The van der Waals surface area contributed by atoms with Crippen LogP contribution in [0.1, 0.15) is 101 Å². The minimum absolute atomic E-state index is 0.119. The molecule has 3 aliphatic rings. The third kappa shape index (κ3) is 4.22. The van der Waals surface area contributed by atoms with Gasteiger partial charge in [0.15, 0.2) is 22.8 Å². The second-order valence-corrected chi connectivity index (χ2v) is 13.7. The molecule has 0 aromatic carbocycles. The van der Waals surface area contributed by atoms with Crippen LogP contribution in [0.4, 0.5) is 0 Å². The summed E-state index contributed by atoms with van der Waals surface area (Å²) in [6.45, 7) is 18.0. The molecule has 2 fully saturated rings. The highest BCUT2D eigenvalue weighted by Gasteiger charge is 2.77. The number of ketones is 3. The van der Waals surface area contributed by atoms with E-state index in [9.17, 15) is 24.6 Å². The molecule has 4 atom stereocenters. The molecule has 4 unspecified atom stereocenters. The van der Waals surface area contributed by atoms with E-state index in [0.29, 0.717) is 24.2 Å². The Bertz CT molecular complexity index is 1010. The third-order valence-corrected chi connectivity index (χ3v) is 8.95. The van der Waals surface area contributed by atoms with Gasteiger partial charge in [-0.1, -0.05) is 39.3 Å². The van der Waals surface area contributed by atoms with E-state index in [1.807, 2.05) is 27.7 Å². The van der Waals surface area contributed by atoms with Crippen molar-refractivity contribution in [1.29, 1.82) is 0 Å². The monoisotopic (exact) mass is 502 g/mol. The van der Waals surface area contributed by atoms with Crippen molar-refractivity contribution in [2.45, 2.75) is 119 Å². The fourth-order valence-corrected chi connectivity index (χ4v) is 6.67. The highest BCUT2D eigenvalue weighted by molar-refractivity contribution is 6.33. The van der Waals surface area contributed by atoms with Crippen LogP contribution < -0.4 is 0 Å². The maximum atomic E-state index is 14.7. The van der Waals surface area contributed by atoms with Crippen LogP contribution in [0.2, 0.25) is 0 Å². The van der Waals surface area contributed by atoms with Crippen LogP contribution >= 0.6 is 0 Å². The zero-order valence-corrected chi connectivity index (χ0v) is 23.9. The Morgan fingerprint density at radius 3 is 2.17 bits per heavy atom. The van der Waals surface area contributed by atoms with Crippen LogP contribution in [0.3, 0.4) is 0 Å². The summed E-state index contributed by atoms with van der Waals surface area (Å²) in [6, 6.07) is 0. The number of Topliss-reactive ketones (excluding diaryl/α,β-unsaturated/α-hetero) is 3. The molecule has 2 N–H and O–H groups in total. The smallest absolute Gasteiger partial charge is 0.183 e. The standard InChI is InChI=1S/C30H46O6/c1-17(2)11-12-19-15-29-16-21(28(9,10)35)36-24(29)20(13-14-26(5,6)34)23(32)30(25(29)33,27(19,7)8)22(31)18(3)4/h11,18-19,21,34-35H,12-16H2,1-10H3. The summed E-state index contributed by atoms with van der Waals surface area (Å²) in [7, 11) is 0. The number of ether oxygens (including phenoxy) is 1. The normalized spacial score (nSPS) is 31.9. The number of carbonyl (C=O) groups excluding carboxylic acids is 3. The molecule has 2 aliphatic carbocycles. The number of carbonyl (C=O) groups is 3. The molecule has 2 bridgehead atoms. The number of rotatable bonds is 8. The highest BCUT2D eigenvalue weighted by atomic mass is 16.5. The van der Waals surface area contributed by atoms with E-state index < -0.39 is 45.3 Å². The summed E-state index contributed by atoms with van der Waals surface area (Å²) in [4.78, 5) is 43.4. The van der Waals surface area contributed by atoms with Gasteiger partial charge in [-0.3, -0.25) is 14.4 Å². The van der Waals surface area contributed by atoms with Gasteiger partial charge in [-0.05, 0) is 78.6 Å².